The monoisotopic (exact) mass is 214 g/mol. The number of rotatable bonds is 1. The van der Waals surface area contributed by atoms with E-state index in [0.717, 1.165) is 0 Å². The third-order valence-electron chi connectivity index (χ3n) is 0.238. The summed E-state index contributed by atoms with van der Waals surface area (Å²) in [6.07, 6.45) is 0. The van der Waals surface area contributed by atoms with E-state index in [9.17, 15) is 4.57 Å². The molecule has 2 N–H and O–H groups in total. The zero-order chi connectivity index (χ0) is 5.21. The van der Waals surface area contributed by atoms with Crippen molar-refractivity contribution < 1.29 is 40.3 Å². The Kier molecular flexibility index (Phi) is 25.4. The molecule has 50 valence electrons. The van der Waals surface area contributed by atoms with Crippen LogP contribution in [0.15, 0.2) is 0 Å². The van der Waals surface area contributed by atoms with Gasteiger partial charge >= 0.3 is 26.7 Å². The minimum atomic E-state index is -4.08. The van der Waals surface area contributed by atoms with Crippen molar-refractivity contribution >= 4 is 54.5 Å². The van der Waals surface area contributed by atoms with Crippen LogP contribution in [0, 0.1) is 0 Å². The van der Waals surface area contributed by atoms with Gasteiger partial charge in [-0.25, -0.2) is 4.57 Å². The van der Waals surface area contributed by atoms with Crippen LogP contribution >= 0.6 is 7.82 Å². The fourth-order valence-electron chi connectivity index (χ4n) is 0. The molecular formula is H9AlLiO4PSiTi. The summed E-state index contributed by atoms with van der Waals surface area (Å²) in [7, 11) is -4.00. The second kappa shape index (κ2) is 10.2. The smallest absolute Gasteiger partial charge is 0 e. The van der Waals surface area contributed by atoms with Gasteiger partial charge in [-0.1, -0.05) is 0 Å². The molecule has 0 aromatic rings. The maximum atomic E-state index is 9.51. The van der Waals surface area contributed by atoms with Crippen molar-refractivity contribution in [1.29, 1.82) is 0 Å². The van der Waals surface area contributed by atoms with Gasteiger partial charge in [0.25, 0.3) is 0 Å². The van der Waals surface area contributed by atoms with Gasteiger partial charge in [0.1, 0.15) is 0 Å². The second-order valence-corrected chi connectivity index (χ2v) is 3.11. The van der Waals surface area contributed by atoms with Crippen LogP contribution in [0.2, 0.25) is 0 Å². The van der Waals surface area contributed by atoms with Crippen molar-refractivity contribution in [2.24, 2.45) is 0 Å². The van der Waals surface area contributed by atoms with Crippen molar-refractivity contribution in [3.05, 3.63) is 0 Å². The van der Waals surface area contributed by atoms with Gasteiger partial charge in [-0.2, -0.15) is 0 Å². The Morgan fingerprint density at radius 2 is 1.56 bits per heavy atom. The maximum absolute atomic E-state index is 9.51. The SMILES string of the molecule is O=P(O)(O)O[SiH3].[AlH3].[LiH].[Ti]. The van der Waals surface area contributed by atoms with Crippen molar-refractivity contribution in [1.82, 2.24) is 0 Å². The summed E-state index contributed by atoms with van der Waals surface area (Å²) in [4.78, 5) is 15.5. The molecule has 0 unspecified atom stereocenters. The van der Waals surface area contributed by atoms with E-state index in [-0.39, 0.29) is 68.4 Å². The van der Waals surface area contributed by atoms with Crippen LogP contribution in [0.3, 0.4) is 0 Å². The first kappa shape index (κ1) is 22.5. The predicted octanol–water partition coefficient (Wildman–Crippen LogP) is -3.46. The molecule has 0 spiro atoms. The van der Waals surface area contributed by atoms with Gasteiger partial charge in [-0.3, -0.25) is 0 Å². The standard InChI is InChI=1S/Al.Li.H5O4PSi.Ti.4H/c;;1-5(2,3)4-6;;;;;/h;;6H3,(H2,1,2,3);;;;;. The minimum Gasteiger partial charge on any atom is 0 e. The molecule has 0 saturated heterocycles. The van der Waals surface area contributed by atoms with Gasteiger partial charge in [0, 0.05) is 21.7 Å². The maximum Gasteiger partial charge on any atom is 0 e. The van der Waals surface area contributed by atoms with Gasteiger partial charge in [0.15, 0.2) is 27.8 Å². The van der Waals surface area contributed by atoms with Crippen LogP contribution in [0.5, 0.6) is 0 Å². The van der Waals surface area contributed by atoms with Crippen molar-refractivity contribution in [2.75, 3.05) is 0 Å². The van der Waals surface area contributed by atoms with Gasteiger partial charge in [-0.05, 0) is 0 Å². The van der Waals surface area contributed by atoms with Crippen LogP contribution < -0.4 is 0 Å². The zero-order valence-electron chi connectivity index (χ0n) is 3.66. The van der Waals surface area contributed by atoms with Crippen LogP contribution in [0.1, 0.15) is 0 Å². The Hall–Kier alpha value is 2.17. The predicted molar refractivity (Wildman–Crippen MR) is 40.2 cm³/mol. The summed E-state index contributed by atoms with van der Waals surface area (Å²) in [5.41, 5.74) is 0. The summed E-state index contributed by atoms with van der Waals surface area (Å²) in [6, 6.07) is 0. The molecule has 0 aliphatic carbocycles. The Morgan fingerprint density at radius 1 is 1.44 bits per heavy atom. The molecule has 0 aliphatic rings. The first-order chi connectivity index (χ1) is 2.56. The molecule has 0 aromatic heterocycles. The van der Waals surface area contributed by atoms with E-state index in [2.05, 4.69) is 4.21 Å². The molecule has 0 heterocycles. The number of phosphoric acid groups is 1. The Bertz CT molecular complexity index is 84.6. The molecule has 0 fully saturated rings. The molecule has 4 nitrogen and oxygen atoms in total. The van der Waals surface area contributed by atoms with E-state index in [1.54, 1.807) is 0 Å². The first-order valence-electron chi connectivity index (χ1n) is 1.17. The summed E-state index contributed by atoms with van der Waals surface area (Å²) in [5.74, 6) is 0. The van der Waals surface area contributed by atoms with Crippen LogP contribution in [-0.2, 0) is 30.5 Å². The summed E-state index contributed by atoms with van der Waals surface area (Å²) < 4.78 is 13.2. The largest absolute Gasteiger partial charge is 0 e. The van der Waals surface area contributed by atoms with Gasteiger partial charge < -0.3 is 14.0 Å². The van der Waals surface area contributed by atoms with Gasteiger partial charge in [-0.15, -0.1) is 0 Å². The molecule has 0 atom stereocenters. The zero-order valence-corrected chi connectivity index (χ0v) is 8.11. The Labute approximate surface area is 94.1 Å². The number of hydrogen-bond donors (Lipinski definition) is 2. The van der Waals surface area contributed by atoms with E-state index in [4.69, 9.17) is 9.79 Å². The Balaban J connectivity index is -0.0000000417. The summed E-state index contributed by atoms with van der Waals surface area (Å²) in [5, 5.41) is 0. The number of hydrogen-bond acceptors (Lipinski definition) is 2. The van der Waals surface area contributed by atoms with Gasteiger partial charge in [0.2, 0.25) is 0 Å². The molecule has 9 heavy (non-hydrogen) atoms. The molecule has 0 aromatic carbocycles. The fourth-order valence-corrected chi connectivity index (χ4v) is 0. The van der Waals surface area contributed by atoms with Crippen molar-refractivity contribution in [3.8, 4) is 0 Å². The van der Waals surface area contributed by atoms with Crippen LogP contribution in [-0.4, -0.2) is 56.5 Å². The molecule has 0 bridgehead atoms. The molecule has 0 saturated carbocycles. The molecule has 9 heteroatoms. The fraction of sp³-hybridized carbons (Fsp3) is 0. The van der Waals surface area contributed by atoms with E-state index in [1.807, 2.05) is 0 Å². The van der Waals surface area contributed by atoms with E-state index in [0.29, 0.717) is 0 Å². The average molecular weight is 214 g/mol. The quantitative estimate of drug-likeness (QED) is 0.351. The minimum absolute atomic E-state index is 0. The van der Waals surface area contributed by atoms with E-state index < -0.39 is 7.82 Å². The second-order valence-electron chi connectivity index (χ2n) is 0.673. The normalized spacial score (nSPS) is 8.22. The van der Waals surface area contributed by atoms with Crippen molar-refractivity contribution in [3.63, 3.8) is 0 Å². The first-order valence-corrected chi connectivity index (χ1v) is 3.52. The molecular weight excluding hydrogens is 205 g/mol. The average Bonchev–Trinajstić information content (AvgIpc) is 1.35. The van der Waals surface area contributed by atoms with Crippen LogP contribution in [0.4, 0.5) is 0 Å². The third-order valence-corrected chi connectivity index (χ3v) is 2.14. The van der Waals surface area contributed by atoms with Crippen molar-refractivity contribution in [2.45, 2.75) is 0 Å². The van der Waals surface area contributed by atoms with Crippen LogP contribution in [0.25, 0.3) is 0 Å². The van der Waals surface area contributed by atoms with E-state index in [1.165, 1.54) is 0 Å². The summed E-state index contributed by atoms with van der Waals surface area (Å²) in [6.45, 7) is 0. The molecule has 0 aliphatic heterocycles. The molecule has 0 amide bonds. The molecule has 0 radical (unpaired) electrons. The Morgan fingerprint density at radius 3 is 1.56 bits per heavy atom. The van der Waals surface area contributed by atoms with E-state index >= 15 is 0 Å². The summed E-state index contributed by atoms with van der Waals surface area (Å²) >= 11 is 0. The molecule has 0 rings (SSSR count). The topological polar surface area (TPSA) is 66.8 Å². The third kappa shape index (κ3) is 25.4. The van der Waals surface area contributed by atoms with Gasteiger partial charge in [0.05, 0.1) is 0 Å².